The quantitative estimate of drug-likeness (QED) is 0.360. The van der Waals surface area contributed by atoms with Gasteiger partial charge in [0.2, 0.25) is 5.91 Å². The van der Waals surface area contributed by atoms with Gasteiger partial charge in [0.25, 0.3) is 0 Å². The first kappa shape index (κ1) is 22.7. The lowest BCUT2D eigenvalue weighted by Crippen LogP contribution is -2.42. The summed E-state index contributed by atoms with van der Waals surface area (Å²) in [6.45, 7) is 7.65. The molecule has 0 fully saturated rings. The number of thiophene rings is 1. The van der Waals surface area contributed by atoms with Crippen molar-refractivity contribution in [3.63, 3.8) is 0 Å². The molecule has 3 N–H and O–H groups in total. The average Bonchev–Trinajstić information content (AvgIpc) is 2.93. The second kappa shape index (κ2) is 9.46. The van der Waals surface area contributed by atoms with Crippen LogP contribution in [0.4, 0.5) is 5.00 Å². The maximum atomic E-state index is 12.5. The third-order valence-corrected chi connectivity index (χ3v) is 6.48. The van der Waals surface area contributed by atoms with Crippen LogP contribution in [0.1, 0.15) is 41.8 Å². The maximum Gasteiger partial charge on any atom is 0.223 e. The fourth-order valence-electron chi connectivity index (χ4n) is 3.37. The maximum absolute atomic E-state index is 12.5. The predicted molar refractivity (Wildman–Crippen MR) is 129 cm³/mol. The fraction of sp³-hybridized carbons (Fsp3) is 0.304. The molecule has 0 spiro atoms. The summed E-state index contributed by atoms with van der Waals surface area (Å²) in [5, 5.41) is 21.3. The molecule has 3 rings (SSSR count). The van der Waals surface area contributed by atoms with Gasteiger partial charge in [0.05, 0.1) is 18.7 Å². The van der Waals surface area contributed by atoms with Crippen LogP contribution in [-0.2, 0) is 4.79 Å². The second-order valence-corrected chi connectivity index (χ2v) is 8.82. The van der Waals surface area contributed by atoms with Crippen LogP contribution in [0.2, 0.25) is 5.02 Å². The Labute approximate surface area is 191 Å². The van der Waals surface area contributed by atoms with Crippen LogP contribution in [-0.4, -0.2) is 35.9 Å². The zero-order valence-electron chi connectivity index (χ0n) is 17.9. The Bertz CT molecular complexity index is 1140. The van der Waals surface area contributed by atoms with E-state index >= 15 is 0 Å². The van der Waals surface area contributed by atoms with E-state index in [1.165, 1.54) is 11.3 Å². The molecule has 0 unspecified atom stereocenters. The Morgan fingerprint density at radius 3 is 2.61 bits per heavy atom. The van der Waals surface area contributed by atoms with Gasteiger partial charge in [0.1, 0.15) is 22.7 Å². The molecule has 2 heterocycles. The summed E-state index contributed by atoms with van der Waals surface area (Å²) in [5.74, 6) is 5.62. The number of amides is 1. The zero-order valence-corrected chi connectivity index (χ0v) is 19.5. The van der Waals surface area contributed by atoms with Gasteiger partial charge in [-0.15, -0.1) is 17.3 Å². The molecule has 0 saturated heterocycles. The van der Waals surface area contributed by atoms with E-state index in [9.17, 15) is 4.79 Å². The van der Waals surface area contributed by atoms with Crippen LogP contribution in [0.15, 0.2) is 29.3 Å². The van der Waals surface area contributed by atoms with Gasteiger partial charge < -0.3 is 5.32 Å². The summed E-state index contributed by atoms with van der Waals surface area (Å²) in [7, 11) is 0. The molecule has 1 aliphatic rings. The highest BCUT2D eigenvalue weighted by Crippen LogP contribution is 2.40. The molecule has 0 radical (unpaired) electrons. The van der Waals surface area contributed by atoms with Crippen LogP contribution < -0.4 is 10.2 Å². The van der Waals surface area contributed by atoms with E-state index in [0.29, 0.717) is 10.7 Å². The SMILES string of the molecule is CC#CCNC(=O)C[C@@H]1N=C(c2ccc(Cl)cc2)c2c(sc(C)c2C)N(C(C)=N)C1=N. The van der Waals surface area contributed by atoms with Crippen molar-refractivity contribution in [1.82, 2.24) is 5.32 Å². The Morgan fingerprint density at radius 2 is 2.00 bits per heavy atom. The van der Waals surface area contributed by atoms with Gasteiger partial charge in [-0.25, -0.2) is 0 Å². The van der Waals surface area contributed by atoms with Gasteiger partial charge in [-0.3, -0.25) is 25.5 Å². The molecule has 1 aromatic heterocycles. The second-order valence-electron chi connectivity index (χ2n) is 7.18. The molecular weight excluding hydrogens is 430 g/mol. The minimum atomic E-state index is -0.736. The predicted octanol–water partition coefficient (Wildman–Crippen LogP) is 4.55. The monoisotopic (exact) mass is 453 g/mol. The molecule has 6 nitrogen and oxygen atoms in total. The number of anilines is 1. The topological polar surface area (TPSA) is 92.4 Å². The molecule has 0 bridgehead atoms. The number of nitrogens with one attached hydrogen (secondary N) is 3. The fourth-order valence-corrected chi connectivity index (χ4v) is 4.72. The van der Waals surface area contributed by atoms with Crippen LogP contribution in [0.5, 0.6) is 0 Å². The van der Waals surface area contributed by atoms with Gasteiger partial charge in [-0.2, -0.15) is 0 Å². The number of fused-ring (bicyclic) bond motifs is 1. The number of nitrogens with zero attached hydrogens (tertiary/aromatic N) is 2. The number of aliphatic imine (C=N–C) groups is 1. The van der Waals surface area contributed by atoms with Crippen molar-refractivity contribution < 1.29 is 4.79 Å². The summed E-state index contributed by atoms with van der Waals surface area (Å²) < 4.78 is 0. The molecule has 1 atom stereocenters. The molecule has 8 heteroatoms. The van der Waals surface area contributed by atoms with Gasteiger partial charge in [0.15, 0.2) is 0 Å². The molecule has 1 amide bonds. The lowest BCUT2D eigenvalue weighted by atomic mass is 9.99. The Hall–Kier alpha value is -2.95. The van der Waals surface area contributed by atoms with Crippen molar-refractivity contribution >= 4 is 51.2 Å². The number of benzene rings is 1. The minimum Gasteiger partial charge on any atom is -0.345 e. The number of carbonyl (C=O) groups is 1. The molecule has 31 heavy (non-hydrogen) atoms. The van der Waals surface area contributed by atoms with Crippen LogP contribution in [0.25, 0.3) is 0 Å². The number of halogens is 1. The Balaban J connectivity index is 2.15. The summed E-state index contributed by atoms with van der Waals surface area (Å²) >= 11 is 7.62. The first-order valence-corrected chi connectivity index (χ1v) is 11.0. The molecule has 2 aromatic rings. The highest BCUT2D eigenvalue weighted by molar-refractivity contribution is 7.17. The average molecular weight is 454 g/mol. The third kappa shape index (κ3) is 4.71. The molecule has 0 aliphatic carbocycles. The van der Waals surface area contributed by atoms with Crippen molar-refractivity contribution in [3.8, 4) is 11.8 Å². The van der Waals surface area contributed by atoms with Gasteiger partial charge >= 0.3 is 0 Å². The van der Waals surface area contributed by atoms with Crippen molar-refractivity contribution in [1.29, 1.82) is 10.8 Å². The Kier molecular flexibility index (Phi) is 6.94. The van der Waals surface area contributed by atoms with E-state index in [1.807, 2.05) is 26.0 Å². The van der Waals surface area contributed by atoms with Crippen LogP contribution in [0, 0.1) is 36.5 Å². The van der Waals surface area contributed by atoms with E-state index in [4.69, 9.17) is 27.4 Å². The molecular formula is C23H24ClN5OS. The van der Waals surface area contributed by atoms with Crippen molar-refractivity contribution in [3.05, 3.63) is 50.9 Å². The normalized spacial score (nSPS) is 15.4. The van der Waals surface area contributed by atoms with Gasteiger partial charge in [-0.05, 0) is 45.4 Å². The van der Waals surface area contributed by atoms with Crippen molar-refractivity contribution in [2.75, 3.05) is 11.4 Å². The van der Waals surface area contributed by atoms with Crippen LogP contribution in [0.3, 0.4) is 0 Å². The summed E-state index contributed by atoms with van der Waals surface area (Å²) in [6, 6.07) is 6.65. The van der Waals surface area contributed by atoms with E-state index in [0.717, 1.165) is 26.6 Å². The van der Waals surface area contributed by atoms with E-state index in [2.05, 4.69) is 17.2 Å². The van der Waals surface area contributed by atoms with Gasteiger partial charge in [0, 0.05) is 21.0 Å². The first-order valence-electron chi connectivity index (χ1n) is 9.78. The van der Waals surface area contributed by atoms with E-state index in [1.54, 1.807) is 30.9 Å². The standard InChI is InChI=1S/C23H24ClN5OS/c1-5-6-11-27-19(30)12-18-22(26)29(15(4)25)23-20(13(2)14(3)31-23)21(28-18)16-7-9-17(24)10-8-16/h7-10,18,25-26H,11-12H2,1-4H3,(H,27,30)/t18-/m0/s1. The highest BCUT2D eigenvalue weighted by Gasteiger charge is 2.34. The first-order chi connectivity index (χ1) is 14.7. The number of hydrogen-bond donors (Lipinski definition) is 3. The largest absolute Gasteiger partial charge is 0.345 e. The number of aryl methyl sites for hydroxylation is 1. The summed E-state index contributed by atoms with van der Waals surface area (Å²) in [5.41, 5.74) is 3.50. The smallest absolute Gasteiger partial charge is 0.223 e. The molecule has 160 valence electrons. The minimum absolute atomic E-state index is 0.00192. The molecule has 0 saturated carbocycles. The van der Waals surface area contributed by atoms with E-state index < -0.39 is 6.04 Å². The molecule has 1 aromatic carbocycles. The lowest BCUT2D eigenvalue weighted by molar-refractivity contribution is -0.120. The Morgan fingerprint density at radius 1 is 1.32 bits per heavy atom. The number of rotatable bonds is 4. The highest BCUT2D eigenvalue weighted by atomic mass is 35.5. The lowest BCUT2D eigenvalue weighted by Gasteiger charge is -2.24. The number of amidine groups is 2. The summed E-state index contributed by atoms with van der Waals surface area (Å²) in [6.07, 6.45) is -0.00192. The van der Waals surface area contributed by atoms with Crippen molar-refractivity contribution in [2.24, 2.45) is 4.99 Å². The van der Waals surface area contributed by atoms with Gasteiger partial charge in [-0.1, -0.05) is 29.7 Å². The third-order valence-electron chi connectivity index (χ3n) is 5.03. The summed E-state index contributed by atoms with van der Waals surface area (Å²) in [4.78, 5) is 20.1. The van der Waals surface area contributed by atoms with Crippen LogP contribution >= 0.6 is 22.9 Å². The molecule has 1 aliphatic heterocycles. The number of carbonyl (C=O) groups excluding carboxylic acids is 1. The zero-order chi connectivity index (χ0) is 22.7. The number of hydrogen-bond acceptors (Lipinski definition) is 5. The van der Waals surface area contributed by atoms with Crippen molar-refractivity contribution in [2.45, 2.75) is 40.2 Å². The van der Waals surface area contributed by atoms with E-state index in [-0.39, 0.29) is 30.5 Å².